The van der Waals surface area contributed by atoms with Gasteiger partial charge in [0.15, 0.2) is 5.78 Å². The number of piperidine rings is 1. The maximum atomic E-state index is 12.7. The Bertz CT molecular complexity index is 1200. The van der Waals surface area contributed by atoms with Crippen LogP contribution in [0, 0.1) is 5.92 Å². The minimum absolute atomic E-state index is 0.000846. The van der Waals surface area contributed by atoms with Crippen LogP contribution in [-0.4, -0.2) is 46.4 Å². The molecule has 0 atom stereocenters. The molecule has 3 aromatic rings. The van der Waals surface area contributed by atoms with Crippen LogP contribution in [0.4, 0.5) is 11.4 Å². The second kappa shape index (κ2) is 12.0. The third-order valence-electron chi connectivity index (χ3n) is 6.79. The van der Waals surface area contributed by atoms with Crippen LogP contribution in [0.25, 0.3) is 10.9 Å². The van der Waals surface area contributed by atoms with Crippen molar-refractivity contribution in [2.24, 2.45) is 5.92 Å². The third-order valence-corrected chi connectivity index (χ3v) is 6.79. The first kappa shape index (κ1) is 25.6. The van der Waals surface area contributed by atoms with Gasteiger partial charge in [-0.1, -0.05) is 32.0 Å². The average molecular weight is 490 g/mol. The SMILES string of the molecule is CCCC(=O)N1CCC(COc2cc3c(Nc4ccccc4)c(C(=O)CC)cnc3cc2CO)CC1. The van der Waals surface area contributed by atoms with Gasteiger partial charge in [0.05, 0.1) is 30.0 Å². The first-order valence-corrected chi connectivity index (χ1v) is 12.9. The van der Waals surface area contributed by atoms with Gasteiger partial charge < -0.3 is 20.1 Å². The van der Waals surface area contributed by atoms with Crippen LogP contribution >= 0.6 is 0 Å². The number of aliphatic hydroxyl groups excluding tert-OH is 1. The molecule has 2 heterocycles. The molecule has 7 nitrogen and oxygen atoms in total. The Balaban J connectivity index is 1.59. The van der Waals surface area contributed by atoms with Crippen LogP contribution < -0.4 is 10.1 Å². The summed E-state index contributed by atoms with van der Waals surface area (Å²) in [5, 5.41) is 14.2. The molecular formula is C29H35N3O4. The van der Waals surface area contributed by atoms with Crippen molar-refractivity contribution in [1.82, 2.24) is 9.88 Å². The smallest absolute Gasteiger partial charge is 0.222 e. The number of para-hydroxylation sites is 1. The molecule has 1 amide bonds. The number of benzene rings is 2. The largest absolute Gasteiger partial charge is 0.493 e. The molecule has 0 aliphatic carbocycles. The number of aromatic nitrogens is 1. The monoisotopic (exact) mass is 489 g/mol. The average Bonchev–Trinajstić information content (AvgIpc) is 2.92. The summed E-state index contributed by atoms with van der Waals surface area (Å²) in [5.41, 5.74) is 3.43. The number of ether oxygens (including phenoxy) is 1. The van der Waals surface area contributed by atoms with Crippen molar-refractivity contribution < 1.29 is 19.4 Å². The number of ketones is 1. The number of amides is 1. The molecule has 0 saturated carbocycles. The Kier molecular flexibility index (Phi) is 8.54. The number of nitrogens with one attached hydrogen (secondary N) is 1. The topological polar surface area (TPSA) is 91.8 Å². The summed E-state index contributed by atoms with van der Waals surface area (Å²) in [6.07, 6.45) is 5.25. The van der Waals surface area contributed by atoms with Crippen LogP contribution in [0.5, 0.6) is 5.75 Å². The van der Waals surface area contributed by atoms with E-state index in [0.717, 1.165) is 43.4 Å². The number of hydrogen-bond donors (Lipinski definition) is 2. The lowest BCUT2D eigenvalue weighted by molar-refractivity contribution is -0.132. The molecule has 7 heteroatoms. The van der Waals surface area contributed by atoms with Crippen LogP contribution in [0.3, 0.4) is 0 Å². The van der Waals surface area contributed by atoms with E-state index >= 15 is 0 Å². The number of likely N-dealkylation sites (tertiary alicyclic amines) is 1. The molecule has 1 aromatic heterocycles. The molecular weight excluding hydrogens is 454 g/mol. The highest BCUT2D eigenvalue weighted by Gasteiger charge is 2.23. The highest BCUT2D eigenvalue weighted by atomic mass is 16.5. The van der Waals surface area contributed by atoms with E-state index in [2.05, 4.69) is 10.3 Å². The summed E-state index contributed by atoms with van der Waals surface area (Å²) in [6.45, 7) is 5.72. The van der Waals surface area contributed by atoms with Gasteiger partial charge in [0, 0.05) is 48.8 Å². The Hall–Kier alpha value is -3.45. The quantitative estimate of drug-likeness (QED) is 0.366. The second-order valence-electron chi connectivity index (χ2n) is 9.33. The zero-order valence-corrected chi connectivity index (χ0v) is 21.1. The van der Waals surface area contributed by atoms with Crippen molar-refractivity contribution >= 4 is 34.0 Å². The van der Waals surface area contributed by atoms with Crippen molar-refractivity contribution in [3.63, 3.8) is 0 Å². The molecule has 2 aromatic carbocycles. The van der Waals surface area contributed by atoms with E-state index in [1.165, 1.54) is 0 Å². The van der Waals surface area contributed by atoms with E-state index in [9.17, 15) is 14.7 Å². The van der Waals surface area contributed by atoms with E-state index in [1.807, 2.05) is 61.2 Å². The van der Waals surface area contributed by atoms with Crippen molar-refractivity contribution in [2.75, 3.05) is 25.0 Å². The lowest BCUT2D eigenvalue weighted by Crippen LogP contribution is -2.39. The molecule has 2 N–H and O–H groups in total. The zero-order chi connectivity index (χ0) is 25.5. The highest BCUT2D eigenvalue weighted by molar-refractivity contribution is 6.09. The molecule has 0 unspecified atom stereocenters. The second-order valence-corrected chi connectivity index (χ2v) is 9.33. The van der Waals surface area contributed by atoms with Crippen LogP contribution in [0.15, 0.2) is 48.7 Å². The van der Waals surface area contributed by atoms with Gasteiger partial charge in [-0.25, -0.2) is 0 Å². The van der Waals surface area contributed by atoms with Crippen LogP contribution in [-0.2, 0) is 11.4 Å². The number of rotatable bonds is 10. The molecule has 0 radical (unpaired) electrons. The molecule has 4 rings (SSSR count). The van der Waals surface area contributed by atoms with E-state index < -0.39 is 0 Å². The number of carbonyl (C=O) groups is 2. The Morgan fingerprint density at radius 1 is 1.14 bits per heavy atom. The normalized spacial score (nSPS) is 14.1. The fourth-order valence-electron chi connectivity index (χ4n) is 4.65. The van der Waals surface area contributed by atoms with Gasteiger partial charge >= 0.3 is 0 Å². The Labute approximate surface area is 212 Å². The van der Waals surface area contributed by atoms with Gasteiger partial charge in [0.1, 0.15) is 5.75 Å². The van der Waals surface area contributed by atoms with Crippen molar-refractivity contribution in [3.05, 3.63) is 59.8 Å². The first-order valence-electron chi connectivity index (χ1n) is 12.9. The van der Waals surface area contributed by atoms with E-state index in [1.54, 1.807) is 6.20 Å². The molecule has 1 fully saturated rings. The minimum Gasteiger partial charge on any atom is -0.493 e. The van der Waals surface area contributed by atoms with Gasteiger partial charge in [-0.3, -0.25) is 14.6 Å². The molecule has 190 valence electrons. The number of anilines is 2. The van der Waals surface area contributed by atoms with E-state index in [-0.39, 0.29) is 18.3 Å². The first-order chi connectivity index (χ1) is 17.5. The number of fused-ring (bicyclic) bond motifs is 1. The van der Waals surface area contributed by atoms with Crippen LogP contribution in [0.1, 0.15) is 61.9 Å². The van der Waals surface area contributed by atoms with Gasteiger partial charge in [-0.15, -0.1) is 0 Å². The molecule has 0 spiro atoms. The van der Waals surface area contributed by atoms with Crippen molar-refractivity contribution in [2.45, 2.75) is 52.6 Å². The maximum Gasteiger partial charge on any atom is 0.222 e. The van der Waals surface area contributed by atoms with Gasteiger partial charge in [-0.05, 0) is 49.4 Å². The number of aliphatic hydroxyl groups is 1. The maximum absolute atomic E-state index is 12.7. The van der Waals surface area contributed by atoms with Crippen LogP contribution in [0.2, 0.25) is 0 Å². The Morgan fingerprint density at radius 2 is 1.89 bits per heavy atom. The fraction of sp³-hybridized carbons (Fsp3) is 0.414. The van der Waals surface area contributed by atoms with E-state index in [4.69, 9.17) is 4.74 Å². The molecule has 1 aliphatic rings. The minimum atomic E-state index is -0.173. The summed E-state index contributed by atoms with van der Waals surface area (Å²) in [6, 6.07) is 13.4. The zero-order valence-electron chi connectivity index (χ0n) is 21.1. The molecule has 0 bridgehead atoms. The number of nitrogens with zero attached hydrogens (tertiary/aromatic N) is 2. The summed E-state index contributed by atoms with van der Waals surface area (Å²) in [7, 11) is 0. The molecule has 1 aliphatic heterocycles. The number of hydrogen-bond acceptors (Lipinski definition) is 6. The summed E-state index contributed by atoms with van der Waals surface area (Å²) in [5.74, 6) is 1.16. The fourth-order valence-corrected chi connectivity index (χ4v) is 4.65. The van der Waals surface area contributed by atoms with Gasteiger partial charge in [0.2, 0.25) is 5.91 Å². The summed E-state index contributed by atoms with van der Waals surface area (Å²) in [4.78, 5) is 31.4. The van der Waals surface area contributed by atoms with Gasteiger partial charge in [0.25, 0.3) is 0 Å². The highest BCUT2D eigenvalue weighted by Crippen LogP contribution is 2.35. The van der Waals surface area contributed by atoms with E-state index in [0.29, 0.717) is 53.4 Å². The molecule has 1 saturated heterocycles. The number of Topliss-reactive ketones (excluding diaryl/α,β-unsaturated/α-hetero) is 1. The third kappa shape index (κ3) is 5.85. The lowest BCUT2D eigenvalue weighted by atomic mass is 9.97. The Morgan fingerprint density at radius 3 is 2.56 bits per heavy atom. The predicted molar refractivity (Wildman–Crippen MR) is 142 cm³/mol. The molecule has 36 heavy (non-hydrogen) atoms. The standard InChI is InChI=1S/C29H35N3O4/c1-3-8-28(35)32-13-11-20(12-14-32)19-36-27-16-23-25(15-21(27)18-33)30-17-24(26(34)4-2)29(23)31-22-9-6-5-7-10-22/h5-7,9-10,15-17,20,33H,3-4,8,11-14,18-19H2,1-2H3,(H,30,31). The van der Waals surface area contributed by atoms with Crippen molar-refractivity contribution in [1.29, 1.82) is 0 Å². The van der Waals surface area contributed by atoms with Gasteiger partial charge in [-0.2, -0.15) is 0 Å². The predicted octanol–water partition coefficient (Wildman–Crippen LogP) is 5.48. The van der Waals surface area contributed by atoms with Crippen molar-refractivity contribution in [3.8, 4) is 5.75 Å². The summed E-state index contributed by atoms with van der Waals surface area (Å²) >= 11 is 0. The number of carbonyl (C=O) groups excluding carboxylic acids is 2. The number of pyridine rings is 1. The lowest BCUT2D eigenvalue weighted by Gasteiger charge is -2.32. The summed E-state index contributed by atoms with van der Waals surface area (Å²) < 4.78 is 6.25.